The molecule has 0 aliphatic rings. The molecule has 0 amide bonds. The highest BCUT2D eigenvalue weighted by atomic mass is 15.3. The largest absolute Gasteiger partial charge is 0.313 e. The van der Waals surface area contributed by atoms with E-state index in [9.17, 15) is 0 Å². The van der Waals surface area contributed by atoms with E-state index in [1.54, 1.807) is 0 Å². The highest BCUT2D eigenvalue weighted by Gasteiger charge is 2.15. The monoisotopic (exact) mass is 229 g/mol. The van der Waals surface area contributed by atoms with Gasteiger partial charge in [0.2, 0.25) is 0 Å². The molecule has 0 saturated heterocycles. The van der Waals surface area contributed by atoms with Crippen molar-refractivity contribution in [3.05, 3.63) is 42.1 Å². The van der Waals surface area contributed by atoms with Gasteiger partial charge in [0, 0.05) is 23.7 Å². The topological polar surface area (TPSA) is 29.9 Å². The standard InChI is InChI=1S/C14H19N3/c1-4-17-14(12-8-6-5-7-9-12)13(10-16-17)11(2)15-3/h5-11,15H,4H2,1-3H3. The molecule has 0 aliphatic carbocycles. The van der Waals surface area contributed by atoms with E-state index in [1.807, 2.05) is 19.3 Å². The van der Waals surface area contributed by atoms with Crippen LogP contribution in [0.4, 0.5) is 0 Å². The predicted molar refractivity (Wildman–Crippen MR) is 70.8 cm³/mol. The van der Waals surface area contributed by atoms with Crippen molar-refractivity contribution < 1.29 is 0 Å². The van der Waals surface area contributed by atoms with Crippen LogP contribution in [-0.4, -0.2) is 16.8 Å². The van der Waals surface area contributed by atoms with Crippen LogP contribution in [-0.2, 0) is 6.54 Å². The number of aryl methyl sites for hydroxylation is 1. The molecule has 0 spiro atoms. The van der Waals surface area contributed by atoms with Crippen molar-refractivity contribution >= 4 is 0 Å². The predicted octanol–water partition coefficient (Wildman–Crippen LogP) is 2.85. The molecule has 0 radical (unpaired) electrons. The van der Waals surface area contributed by atoms with E-state index in [0.717, 1.165) is 6.54 Å². The summed E-state index contributed by atoms with van der Waals surface area (Å²) in [6, 6.07) is 10.7. The lowest BCUT2D eigenvalue weighted by Crippen LogP contribution is -2.13. The van der Waals surface area contributed by atoms with Crippen LogP contribution in [0, 0.1) is 0 Å². The van der Waals surface area contributed by atoms with Gasteiger partial charge >= 0.3 is 0 Å². The van der Waals surface area contributed by atoms with Crippen molar-refractivity contribution in [3.63, 3.8) is 0 Å². The molecule has 0 aliphatic heterocycles. The molecule has 1 aromatic carbocycles. The lowest BCUT2D eigenvalue weighted by molar-refractivity contribution is 0.646. The van der Waals surface area contributed by atoms with E-state index < -0.39 is 0 Å². The van der Waals surface area contributed by atoms with Crippen molar-refractivity contribution in [2.45, 2.75) is 26.4 Å². The maximum Gasteiger partial charge on any atom is 0.0729 e. The average Bonchev–Trinajstić information content (AvgIpc) is 2.82. The first-order valence-corrected chi connectivity index (χ1v) is 6.06. The average molecular weight is 229 g/mol. The zero-order valence-electron chi connectivity index (χ0n) is 10.6. The van der Waals surface area contributed by atoms with Crippen molar-refractivity contribution in [2.75, 3.05) is 7.05 Å². The van der Waals surface area contributed by atoms with Gasteiger partial charge in [-0.15, -0.1) is 0 Å². The molecule has 0 fully saturated rings. The molecule has 2 rings (SSSR count). The van der Waals surface area contributed by atoms with Crippen LogP contribution in [0.5, 0.6) is 0 Å². The number of nitrogens with one attached hydrogen (secondary N) is 1. The highest BCUT2D eigenvalue weighted by molar-refractivity contribution is 5.63. The van der Waals surface area contributed by atoms with E-state index >= 15 is 0 Å². The van der Waals surface area contributed by atoms with Crippen LogP contribution in [0.2, 0.25) is 0 Å². The minimum Gasteiger partial charge on any atom is -0.313 e. The van der Waals surface area contributed by atoms with Gasteiger partial charge < -0.3 is 5.32 Å². The first kappa shape index (κ1) is 11.9. The third-order valence-corrected chi connectivity index (χ3v) is 3.11. The molecular formula is C14H19N3. The third-order valence-electron chi connectivity index (χ3n) is 3.11. The Labute approximate surface area is 102 Å². The molecule has 0 bridgehead atoms. The molecule has 1 unspecified atom stereocenters. The molecule has 17 heavy (non-hydrogen) atoms. The molecule has 3 heteroatoms. The van der Waals surface area contributed by atoms with E-state index in [0.29, 0.717) is 6.04 Å². The molecule has 1 N–H and O–H groups in total. The van der Waals surface area contributed by atoms with Crippen molar-refractivity contribution in [1.29, 1.82) is 0 Å². The normalized spacial score (nSPS) is 12.6. The van der Waals surface area contributed by atoms with Gasteiger partial charge in [-0.05, 0) is 20.9 Å². The number of hydrogen-bond acceptors (Lipinski definition) is 2. The van der Waals surface area contributed by atoms with Crippen LogP contribution in [0.15, 0.2) is 36.5 Å². The molecule has 1 heterocycles. The number of benzene rings is 1. The van der Waals surface area contributed by atoms with Gasteiger partial charge in [0.05, 0.1) is 11.9 Å². The fourth-order valence-electron chi connectivity index (χ4n) is 2.02. The Morgan fingerprint density at radius 2 is 2.00 bits per heavy atom. The van der Waals surface area contributed by atoms with Crippen LogP contribution in [0.3, 0.4) is 0 Å². The van der Waals surface area contributed by atoms with Crippen molar-refractivity contribution in [1.82, 2.24) is 15.1 Å². The Balaban J connectivity index is 2.54. The van der Waals surface area contributed by atoms with E-state index in [-0.39, 0.29) is 0 Å². The summed E-state index contributed by atoms with van der Waals surface area (Å²) in [7, 11) is 1.97. The fraction of sp³-hybridized carbons (Fsp3) is 0.357. The number of aromatic nitrogens is 2. The van der Waals surface area contributed by atoms with E-state index in [1.165, 1.54) is 16.8 Å². The van der Waals surface area contributed by atoms with Gasteiger partial charge in [-0.2, -0.15) is 5.10 Å². The van der Waals surface area contributed by atoms with Crippen LogP contribution in [0.1, 0.15) is 25.5 Å². The maximum atomic E-state index is 4.46. The van der Waals surface area contributed by atoms with Crippen LogP contribution >= 0.6 is 0 Å². The Kier molecular flexibility index (Phi) is 3.59. The summed E-state index contributed by atoms with van der Waals surface area (Å²) in [4.78, 5) is 0. The first-order chi connectivity index (χ1) is 8.27. The van der Waals surface area contributed by atoms with Gasteiger partial charge in [0.1, 0.15) is 0 Å². The zero-order valence-corrected chi connectivity index (χ0v) is 10.6. The zero-order chi connectivity index (χ0) is 12.3. The summed E-state index contributed by atoms with van der Waals surface area (Å²) in [6.07, 6.45) is 1.97. The summed E-state index contributed by atoms with van der Waals surface area (Å²) in [5.74, 6) is 0. The SMILES string of the molecule is CCn1ncc(C(C)NC)c1-c1ccccc1. The van der Waals surface area contributed by atoms with Gasteiger partial charge in [-0.1, -0.05) is 30.3 Å². The van der Waals surface area contributed by atoms with E-state index in [2.05, 4.69) is 53.2 Å². The van der Waals surface area contributed by atoms with Crippen molar-refractivity contribution in [3.8, 4) is 11.3 Å². The third kappa shape index (κ3) is 2.24. The number of rotatable bonds is 4. The summed E-state index contributed by atoms with van der Waals surface area (Å²) in [5.41, 5.74) is 3.69. The molecule has 3 nitrogen and oxygen atoms in total. The Morgan fingerprint density at radius 3 is 2.59 bits per heavy atom. The smallest absolute Gasteiger partial charge is 0.0729 e. The summed E-state index contributed by atoms with van der Waals surface area (Å²) < 4.78 is 2.05. The van der Waals surface area contributed by atoms with Crippen LogP contribution < -0.4 is 5.32 Å². The Bertz CT molecular complexity index is 473. The molecule has 1 aromatic heterocycles. The summed E-state index contributed by atoms with van der Waals surface area (Å²) in [6.45, 7) is 5.16. The molecule has 90 valence electrons. The first-order valence-electron chi connectivity index (χ1n) is 6.06. The highest BCUT2D eigenvalue weighted by Crippen LogP contribution is 2.27. The van der Waals surface area contributed by atoms with E-state index in [4.69, 9.17) is 0 Å². The Hall–Kier alpha value is -1.61. The molecule has 0 saturated carbocycles. The summed E-state index contributed by atoms with van der Waals surface area (Å²) in [5, 5.41) is 7.73. The van der Waals surface area contributed by atoms with Gasteiger partial charge in [-0.3, -0.25) is 4.68 Å². The van der Waals surface area contributed by atoms with Gasteiger partial charge in [-0.25, -0.2) is 0 Å². The fourth-order valence-corrected chi connectivity index (χ4v) is 2.02. The molecule has 1 atom stereocenters. The number of hydrogen-bond donors (Lipinski definition) is 1. The lowest BCUT2D eigenvalue weighted by Gasteiger charge is -2.13. The minimum atomic E-state index is 0.311. The summed E-state index contributed by atoms with van der Waals surface area (Å²) >= 11 is 0. The van der Waals surface area contributed by atoms with Gasteiger partial charge in [0.25, 0.3) is 0 Å². The van der Waals surface area contributed by atoms with Crippen LogP contribution in [0.25, 0.3) is 11.3 Å². The van der Waals surface area contributed by atoms with Crippen molar-refractivity contribution in [2.24, 2.45) is 0 Å². The minimum absolute atomic E-state index is 0.311. The second-order valence-corrected chi connectivity index (χ2v) is 4.14. The lowest BCUT2D eigenvalue weighted by atomic mass is 10.0. The molecular weight excluding hydrogens is 210 g/mol. The second kappa shape index (κ2) is 5.15. The second-order valence-electron chi connectivity index (χ2n) is 4.14. The molecule has 2 aromatic rings. The number of nitrogens with zero attached hydrogens (tertiary/aromatic N) is 2. The Morgan fingerprint density at radius 1 is 1.29 bits per heavy atom. The van der Waals surface area contributed by atoms with Gasteiger partial charge in [0.15, 0.2) is 0 Å². The maximum absolute atomic E-state index is 4.46. The quantitative estimate of drug-likeness (QED) is 0.873.